The Kier molecular flexibility index (Phi) is 5.61. The van der Waals surface area contributed by atoms with Crippen LogP contribution in [0.4, 0.5) is 43.7 Å². The third kappa shape index (κ3) is 4.70. The molecule has 0 saturated heterocycles. The molecule has 3 aromatic rings. The number of amides is 4. The second kappa shape index (κ2) is 8.45. The fraction of sp³-hybridized carbons (Fsp3) is 0. The monoisotopic (exact) mass is 376 g/mol. The Morgan fingerprint density at radius 2 is 0.786 bits per heavy atom. The van der Waals surface area contributed by atoms with E-state index in [1.54, 1.807) is 72.8 Å². The van der Waals surface area contributed by atoms with E-state index in [-0.39, 0.29) is 0 Å². The van der Waals surface area contributed by atoms with Crippen LogP contribution in [0, 0.1) is 0 Å². The van der Waals surface area contributed by atoms with Crippen LogP contribution in [-0.2, 0) is 0 Å². The number of carbonyl (C=O) groups is 2. The number of rotatable bonds is 4. The Hall–Kier alpha value is -4.20. The number of benzene rings is 3. The van der Waals surface area contributed by atoms with Crippen LogP contribution in [0.15, 0.2) is 72.8 Å². The lowest BCUT2D eigenvalue weighted by Gasteiger charge is -2.14. The number of hydrogen-bond donors (Lipinski definition) is 6. The van der Waals surface area contributed by atoms with Gasteiger partial charge in [-0.15, -0.1) is 0 Å². The second-order valence-electron chi connectivity index (χ2n) is 5.88. The average molecular weight is 376 g/mol. The summed E-state index contributed by atoms with van der Waals surface area (Å²) in [4.78, 5) is 24.6. The zero-order chi connectivity index (χ0) is 19.9. The van der Waals surface area contributed by atoms with Gasteiger partial charge in [-0.25, -0.2) is 9.59 Å². The molecule has 0 heterocycles. The number of nitrogens with two attached hydrogens (primary N) is 2. The van der Waals surface area contributed by atoms with Crippen molar-refractivity contribution in [3.8, 4) is 0 Å². The summed E-state index contributed by atoms with van der Waals surface area (Å²) in [6.45, 7) is 0. The molecule has 0 bridgehead atoms. The lowest BCUT2D eigenvalue weighted by atomic mass is 10.2. The zero-order valence-electron chi connectivity index (χ0n) is 14.9. The van der Waals surface area contributed by atoms with Gasteiger partial charge in [0, 0.05) is 0 Å². The maximum atomic E-state index is 12.3. The van der Waals surface area contributed by atoms with Crippen LogP contribution in [0.25, 0.3) is 0 Å². The first kappa shape index (κ1) is 18.6. The van der Waals surface area contributed by atoms with Crippen molar-refractivity contribution in [1.82, 2.24) is 0 Å². The van der Waals surface area contributed by atoms with Crippen LogP contribution >= 0.6 is 0 Å². The fourth-order valence-corrected chi connectivity index (χ4v) is 2.47. The largest absolute Gasteiger partial charge is 0.397 e. The van der Waals surface area contributed by atoms with Crippen LogP contribution in [-0.4, -0.2) is 12.1 Å². The van der Waals surface area contributed by atoms with Gasteiger partial charge in [-0.05, 0) is 36.4 Å². The third-order valence-corrected chi connectivity index (χ3v) is 3.84. The Labute approximate surface area is 161 Å². The van der Waals surface area contributed by atoms with Crippen molar-refractivity contribution >= 4 is 46.2 Å². The van der Waals surface area contributed by atoms with Crippen LogP contribution < -0.4 is 32.7 Å². The van der Waals surface area contributed by atoms with E-state index in [0.29, 0.717) is 34.1 Å². The van der Waals surface area contributed by atoms with Gasteiger partial charge < -0.3 is 32.7 Å². The Bertz CT molecular complexity index is 925. The van der Waals surface area contributed by atoms with Gasteiger partial charge in [-0.3, -0.25) is 0 Å². The van der Waals surface area contributed by atoms with Gasteiger partial charge in [0.25, 0.3) is 0 Å². The Morgan fingerprint density at radius 1 is 0.500 bits per heavy atom. The van der Waals surface area contributed by atoms with E-state index in [4.69, 9.17) is 11.5 Å². The van der Waals surface area contributed by atoms with Crippen molar-refractivity contribution in [1.29, 1.82) is 0 Å². The van der Waals surface area contributed by atoms with Crippen LogP contribution in [0.2, 0.25) is 0 Å². The van der Waals surface area contributed by atoms with Gasteiger partial charge in [-0.2, -0.15) is 0 Å². The van der Waals surface area contributed by atoms with E-state index in [1.807, 2.05) is 0 Å². The van der Waals surface area contributed by atoms with Crippen LogP contribution in [0.1, 0.15) is 0 Å². The van der Waals surface area contributed by atoms with E-state index < -0.39 is 12.1 Å². The molecule has 0 atom stereocenters. The molecule has 8 heteroatoms. The predicted octanol–water partition coefficient (Wildman–Crippen LogP) is 4.14. The van der Waals surface area contributed by atoms with Crippen LogP contribution in [0.3, 0.4) is 0 Å². The topological polar surface area (TPSA) is 134 Å². The highest BCUT2D eigenvalue weighted by Gasteiger charge is 2.11. The predicted molar refractivity (Wildman–Crippen MR) is 113 cm³/mol. The Morgan fingerprint density at radius 3 is 1.14 bits per heavy atom. The number of nitrogens with one attached hydrogen (secondary N) is 4. The van der Waals surface area contributed by atoms with Crippen molar-refractivity contribution < 1.29 is 9.59 Å². The second-order valence-corrected chi connectivity index (χ2v) is 5.88. The quantitative estimate of drug-likeness (QED) is 0.382. The lowest BCUT2D eigenvalue weighted by molar-refractivity contribution is 0.261. The maximum Gasteiger partial charge on any atom is 0.323 e. The summed E-state index contributed by atoms with van der Waals surface area (Å²) in [5.41, 5.74) is 14.4. The molecule has 3 aromatic carbocycles. The van der Waals surface area contributed by atoms with Gasteiger partial charge in [0.05, 0.1) is 34.1 Å². The molecule has 8 nitrogen and oxygen atoms in total. The van der Waals surface area contributed by atoms with Crippen molar-refractivity contribution in [3.05, 3.63) is 72.8 Å². The Balaban J connectivity index is 1.67. The van der Waals surface area contributed by atoms with Crippen molar-refractivity contribution in [2.45, 2.75) is 0 Å². The van der Waals surface area contributed by atoms with Gasteiger partial charge in [0.2, 0.25) is 0 Å². The summed E-state index contributed by atoms with van der Waals surface area (Å²) < 4.78 is 0. The molecule has 0 aromatic heterocycles. The highest BCUT2D eigenvalue weighted by atomic mass is 16.2. The summed E-state index contributed by atoms with van der Waals surface area (Å²) in [6.07, 6.45) is 0. The molecule has 0 aliphatic heterocycles. The van der Waals surface area contributed by atoms with Gasteiger partial charge in [0.1, 0.15) is 0 Å². The average Bonchev–Trinajstić information content (AvgIpc) is 2.67. The standard InChI is InChI=1S/C20H20N6O2/c21-13-7-1-3-9-15(13)23-19(27)25-17-11-5-6-12-18(17)26-20(28)24-16-10-4-2-8-14(16)22/h1-12H,21-22H2,(H2,23,25,27)(H2,24,26,28). The van der Waals surface area contributed by atoms with E-state index in [9.17, 15) is 9.59 Å². The minimum absolute atomic E-state index is 0.422. The van der Waals surface area contributed by atoms with Crippen molar-refractivity contribution in [2.75, 3.05) is 32.7 Å². The summed E-state index contributed by atoms with van der Waals surface area (Å²) >= 11 is 0. The molecule has 0 fully saturated rings. The first-order chi connectivity index (χ1) is 13.5. The fourth-order valence-electron chi connectivity index (χ4n) is 2.47. The SMILES string of the molecule is Nc1ccccc1NC(=O)Nc1ccccc1NC(=O)Nc1ccccc1N. The number of para-hydroxylation sites is 6. The molecular formula is C20H20N6O2. The number of carbonyl (C=O) groups excluding carboxylic acids is 2. The highest BCUT2D eigenvalue weighted by molar-refractivity contribution is 6.07. The molecule has 4 amide bonds. The third-order valence-electron chi connectivity index (χ3n) is 3.84. The summed E-state index contributed by atoms with van der Waals surface area (Å²) in [5, 5.41) is 10.7. The molecule has 3 rings (SSSR count). The number of nitrogen functional groups attached to an aromatic ring is 2. The maximum absolute atomic E-state index is 12.3. The molecule has 142 valence electrons. The van der Waals surface area contributed by atoms with E-state index in [1.165, 1.54) is 0 Å². The first-order valence-electron chi connectivity index (χ1n) is 8.47. The zero-order valence-corrected chi connectivity index (χ0v) is 14.9. The summed E-state index contributed by atoms with van der Waals surface area (Å²) in [5.74, 6) is 0. The smallest absolute Gasteiger partial charge is 0.323 e. The minimum Gasteiger partial charge on any atom is -0.397 e. The molecular weight excluding hydrogens is 356 g/mol. The van der Waals surface area contributed by atoms with Crippen LogP contribution in [0.5, 0.6) is 0 Å². The number of urea groups is 2. The van der Waals surface area contributed by atoms with Gasteiger partial charge >= 0.3 is 12.1 Å². The molecule has 0 unspecified atom stereocenters. The van der Waals surface area contributed by atoms with Gasteiger partial charge in [-0.1, -0.05) is 36.4 Å². The molecule has 0 saturated carbocycles. The molecule has 0 aliphatic rings. The summed E-state index contributed by atoms with van der Waals surface area (Å²) in [6, 6.07) is 19.7. The molecule has 28 heavy (non-hydrogen) atoms. The van der Waals surface area contributed by atoms with Gasteiger partial charge in [0.15, 0.2) is 0 Å². The first-order valence-corrected chi connectivity index (χ1v) is 8.47. The normalized spacial score (nSPS) is 10.0. The summed E-state index contributed by atoms with van der Waals surface area (Å²) in [7, 11) is 0. The van der Waals surface area contributed by atoms with Crippen molar-refractivity contribution in [3.63, 3.8) is 0 Å². The minimum atomic E-state index is -0.486. The number of hydrogen-bond acceptors (Lipinski definition) is 4. The molecule has 0 spiro atoms. The van der Waals surface area contributed by atoms with E-state index in [2.05, 4.69) is 21.3 Å². The number of anilines is 6. The molecule has 8 N–H and O–H groups in total. The van der Waals surface area contributed by atoms with E-state index in [0.717, 1.165) is 0 Å². The molecule has 0 aliphatic carbocycles. The highest BCUT2D eigenvalue weighted by Crippen LogP contribution is 2.23. The lowest BCUT2D eigenvalue weighted by Crippen LogP contribution is -2.23. The van der Waals surface area contributed by atoms with E-state index >= 15 is 0 Å². The molecule has 0 radical (unpaired) electrons. The van der Waals surface area contributed by atoms with Crippen molar-refractivity contribution in [2.24, 2.45) is 0 Å².